The molecule has 1 aromatic heterocycles. The number of carbonyl (C=O) groups excluding carboxylic acids is 1. The van der Waals surface area contributed by atoms with Crippen LogP contribution < -0.4 is 4.90 Å². The van der Waals surface area contributed by atoms with Crippen LogP contribution in [0.3, 0.4) is 0 Å². The maximum atomic E-state index is 14.2. The molecule has 0 spiro atoms. The third-order valence-corrected chi connectivity index (χ3v) is 5.07. The van der Waals surface area contributed by atoms with Gasteiger partial charge in [0, 0.05) is 38.6 Å². The number of carbonyl (C=O) groups is 1. The fourth-order valence-electron chi connectivity index (χ4n) is 3.33. The molecule has 2 heterocycles. The smallest absolute Gasteiger partial charge is 0.258 e. The minimum absolute atomic E-state index is 0.0996. The summed E-state index contributed by atoms with van der Waals surface area (Å²) in [5, 5.41) is 0.0996. The number of hydrogen-bond acceptors (Lipinski definition) is 3. The number of aromatic nitrogens is 2. The SMILES string of the molecule is O=C(c1c(F)cccc1Cl)N1CCN(c2nccn2-c2ccccc2F)CC1. The zero-order valence-electron chi connectivity index (χ0n) is 14.9. The Labute approximate surface area is 165 Å². The molecule has 0 unspecified atom stereocenters. The number of rotatable bonds is 3. The molecule has 28 heavy (non-hydrogen) atoms. The summed E-state index contributed by atoms with van der Waals surface area (Å²) in [4.78, 5) is 20.6. The quantitative estimate of drug-likeness (QED) is 0.669. The zero-order chi connectivity index (χ0) is 19.7. The second-order valence-electron chi connectivity index (χ2n) is 6.42. The van der Waals surface area contributed by atoms with Crippen LogP contribution in [-0.4, -0.2) is 46.5 Å². The molecule has 0 bridgehead atoms. The van der Waals surface area contributed by atoms with E-state index in [1.165, 1.54) is 24.3 Å². The predicted octanol–water partition coefficient (Wildman–Crippen LogP) is 3.77. The van der Waals surface area contributed by atoms with Crippen molar-refractivity contribution >= 4 is 23.5 Å². The van der Waals surface area contributed by atoms with E-state index in [9.17, 15) is 13.6 Å². The van der Waals surface area contributed by atoms with Gasteiger partial charge in [-0.05, 0) is 24.3 Å². The second kappa shape index (κ2) is 7.59. The largest absolute Gasteiger partial charge is 0.338 e. The summed E-state index contributed by atoms with van der Waals surface area (Å²) in [5.74, 6) is -0.805. The van der Waals surface area contributed by atoms with Crippen LogP contribution in [0.25, 0.3) is 5.69 Å². The molecule has 0 N–H and O–H groups in total. The van der Waals surface area contributed by atoms with Gasteiger partial charge in [-0.3, -0.25) is 9.36 Å². The van der Waals surface area contributed by atoms with E-state index in [2.05, 4.69) is 4.98 Å². The van der Waals surface area contributed by atoms with Crippen LogP contribution in [0.2, 0.25) is 5.02 Å². The number of imidazole rings is 1. The predicted molar refractivity (Wildman–Crippen MR) is 103 cm³/mol. The Morgan fingerprint density at radius 3 is 2.39 bits per heavy atom. The van der Waals surface area contributed by atoms with Crippen molar-refractivity contribution in [2.24, 2.45) is 0 Å². The van der Waals surface area contributed by atoms with Crippen LogP contribution in [-0.2, 0) is 0 Å². The second-order valence-corrected chi connectivity index (χ2v) is 6.83. The van der Waals surface area contributed by atoms with Gasteiger partial charge in [-0.2, -0.15) is 0 Å². The molecular formula is C20H17ClF2N4O. The van der Waals surface area contributed by atoms with Gasteiger partial charge in [-0.25, -0.2) is 13.8 Å². The van der Waals surface area contributed by atoms with Gasteiger partial charge in [0.25, 0.3) is 5.91 Å². The first-order valence-corrected chi connectivity index (χ1v) is 9.20. The van der Waals surface area contributed by atoms with Crippen LogP contribution in [0.1, 0.15) is 10.4 Å². The van der Waals surface area contributed by atoms with E-state index in [0.29, 0.717) is 37.8 Å². The highest BCUT2D eigenvalue weighted by Gasteiger charge is 2.27. The van der Waals surface area contributed by atoms with Gasteiger partial charge in [0.15, 0.2) is 0 Å². The molecule has 0 radical (unpaired) electrons. The summed E-state index contributed by atoms with van der Waals surface area (Å²) in [6.07, 6.45) is 3.31. The Bertz CT molecular complexity index is 995. The third kappa shape index (κ3) is 3.33. The zero-order valence-corrected chi connectivity index (χ0v) is 15.6. The fraction of sp³-hybridized carbons (Fsp3) is 0.200. The van der Waals surface area contributed by atoms with Gasteiger partial charge < -0.3 is 9.80 Å². The average molecular weight is 403 g/mol. The van der Waals surface area contributed by atoms with Gasteiger partial charge in [0.1, 0.15) is 11.6 Å². The molecule has 1 aliphatic rings. The number of benzene rings is 2. The van der Waals surface area contributed by atoms with E-state index >= 15 is 0 Å². The van der Waals surface area contributed by atoms with Gasteiger partial charge in [-0.1, -0.05) is 29.8 Å². The first-order valence-electron chi connectivity index (χ1n) is 8.83. The van der Waals surface area contributed by atoms with Crippen molar-refractivity contribution in [1.82, 2.24) is 14.5 Å². The fourth-order valence-corrected chi connectivity index (χ4v) is 3.58. The highest BCUT2D eigenvalue weighted by molar-refractivity contribution is 6.33. The van der Waals surface area contributed by atoms with Crippen LogP contribution in [0.4, 0.5) is 14.7 Å². The molecule has 0 saturated carbocycles. The van der Waals surface area contributed by atoms with Gasteiger partial charge >= 0.3 is 0 Å². The van der Waals surface area contributed by atoms with Gasteiger partial charge in [-0.15, -0.1) is 0 Å². The summed E-state index contributed by atoms with van der Waals surface area (Å²) < 4.78 is 29.9. The van der Waals surface area contributed by atoms with Crippen molar-refractivity contribution < 1.29 is 13.6 Å². The van der Waals surface area contributed by atoms with Crippen LogP contribution in [0, 0.1) is 11.6 Å². The Kier molecular flexibility index (Phi) is 5.00. The topological polar surface area (TPSA) is 41.4 Å². The van der Waals surface area contributed by atoms with E-state index in [1.807, 2.05) is 4.90 Å². The molecule has 1 fully saturated rings. The molecule has 1 saturated heterocycles. The molecule has 0 aliphatic carbocycles. The maximum absolute atomic E-state index is 14.2. The number of anilines is 1. The lowest BCUT2D eigenvalue weighted by Crippen LogP contribution is -2.49. The van der Waals surface area contributed by atoms with Crippen LogP contribution >= 0.6 is 11.6 Å². The van der Waals surface area contributed by atoms with E-state index < -0.39 is 11.7 Å². The van der Waals surface area contributed by atoms with Crippen LogP contribution in [0.15, 0.2) is 54.9 Å². The number of amides is 1. The van der Waals surface area contributed by atoms with E-state index in [0.717, 1.165) is 0 Å². The Hall–Kier alpha value is -2.93. The summed E-state index contributed by atoms with van der Waals surface area (Å²) in [7, 11) is 0. The number of piperazine rings is 1. The van der Waals surface area contributed by atoms with E-state index in [1.54, 1.807) is 40.1 Å². The molecular weight excluding hydrogens is 386 g/mol. The maximum Gasteiger partial charge on any atom is 0.258 e. The van der Waals surface area contributed by atoms with Crippen molar-refractivity contribution in [3.63, 3.8) is 0 Å². The molecule has 4 rings (SSSR count). The van der Waals surface area contributed by atoms with Gasteiger partial charge in [0.2, 0.25) is 5.95 Å². The third-order valence-electron chi connectivity index (χ3n) is 4.76. The number of para-hydroxylation sites is 1. The Morgan fingerprint density at radius 2 is 1.68 bits per heavy atom. The summed E-state index contributed by atoms with van der Waals surface area (Å²) in [6.45, 7) is 1.74. The molecule has 1 aliphatic heterocycles. The van der Waals surface area contributed by atoms with Crippen molar-refractivity contribution in [3.8, 4) is 5.69 Å². The number of hydrogen-bond donors (Lipinski definition) is 0. The Balaban J connectivity index is 1.51. The number of halogens is 3. The standard InChI is InChI=1S/C20H17ClF2N4O/c21-14-4-3-6-16(23)18(14)19(28)25-10-12-26(13-11-25)20-24-8-9-27(20)17-7-2-1-5-15(17)22/h1-9H,10-13H2. The monoisotopic (exact) mass is 402 g/mol. The van der Waals surface area contributed by atoms with E-state index in [-0.39, 0.29) is 16.4 Å². The first kappa shape index (κ1) is 18.4. The number of nitrogens with zero attached hydrogens (tertiary/aromatic N) is 4. The molecule has 5 nitrogen and oxygen atoms in total. The minimum Gasteiger partial charge on any atom is -0.338 e. The lowest BCUT2D eigenvalue weighted by molar-refractivity contribution is 0.0741. The molecule has 1 amide bonds. The van der Waals surface area contributed by atoms with Crippen molar-refractivity contribution in [3.05, 3.63) is 77.1 Å². The van der Waals surface area contributed by atoms with E-state index in [4.69, 9.17) is 11.6 Å². The van der Waals surface area contributed by atoms with Crippen molar-refractivity contribution in [2.45, 2.75) is 0 Å². The average Bonchev–Trinajstić information content (AvgIpc) is 3.18. The molecule has 2 aromatic carbocycles. The highest BCUT2D eigenvalue weighted by atomic mass is 35.5. The van der Waals surface area contributed by atoms with Crippen LogP contribution in [0.5, 0.6) is 0 Å². The van der Waals surface area contributed by atoms with Gasteiger partial charge in [0.05, 0.1) is 16.3 Å². The molecule has 144 valence electrons. The first-order chi connectivity index (χ1) is 13.6. The minimum atomic E-state index is -0.630. The lowest BCUT2D eigenvalue weighted by Gasteiger charge is -2.35. The van der Waals surface area contributed by atoms with Crippen molar-refractivity contribution in [2.75, 3.05) is 31.1 Å². The Morgan fingerprint density at radius 1 is 0.964 bits per heavy atom. The molecule has 3 aromatic rings. The lowest BCUT2D eigenvalue weighted by atomic mass is 10.1. The summed E-state index contributed by atoms with van der Waals surface area (Å²) in [6, 6.07) is 10.7. The molecule has 0 atom stereocenters. The molecule has 8 heteroatoms. The normalized spacial score (nSPS) is 14.4. The highest BCUT2D eigenvalue weighted by Crippen LogP contribution is 2.24. The summed E-state index contributed by atoms with van der Waals surface area (Å²) >= 11 is 6.01. The summed E-state index contributed by atoms with van der Waals surface area (Å²) in [5.41, 5.74) is 0.303. The van der Waals surface area contributed by atoms with Crippen molar-refractivity contribution in [1.29, 1.82) is 0 Å².